The molecule has 0 spiro atoms. The lowest BCUT2D eigenvalue weighted by molar-refractivity contribution is 0.288. The van der Waals surface area contributed by atoms with Crippen LogP contribution in [0.1, 0.15) is 25.3 Å². The van der Waals surface area contributed by atoms with Gasteiger partial charge in [-0.2, -0.15) is 0 Å². The Bertz CT molecular complexity index is 350. The zero-order valence-corrected chi connectivity index (χ0v) is 9.64. The van der Waals surface area contributed by atoms with Crippen LogP contribution < -0.4 is 9.47 Å². The van der Waals surface area contributed by atoms with Gasteiger partial charge in [-0.3, -0.25) is 0 Å². The molecular weight excluding hydrogens is 206 g/mol. The predicted octanol–water partition coefficient (Wildman–Crippen LogP) is 2.68. The van der Waals surface area contributed by atoms with E-state index in [0.717, 1.165) is 18.4 Å². The SMILES string of the molecule is CCCCOc1cc(/C=N/O)ccc1OC. The van der Waals surface area contributed by atoms with Crippen LogP contribution in [0.15, 0.2) is 23.4 Å². The van der Waals surface area contributed by atoms with Gasteiger partial charge < -0.3 is 14.7 Å². The van der Waals surface area contributed by atoms with Crippen molar-refractivity contribution < 1.29 is 14.7 Å². The molecule has 0 saturated carbocycles. The van der Waals surface area contributed by atoms with Crippen molar-refractivity contribution in [3.63, 3.8) is 0 Å². The topological polar surface area (TPSA) is 51.0 Å². The molecule has 1 aromatic carbocycles. The Kier molecular flexibility index (Phi) is 5.19. The minimum absolute atomic E-state index is 0.659. The summed E-state index contributed by atoms with van der Waals surface area (Å²) in [5.74, 6) is 1.36. The smallest absolute Gasteiger partial charge is 0.161 e. The summed E-state index contributed by atoms with van der Waals surface area (Å²) in [7, 11) is 1.60. The minimum atomic E-state index is 0.659. The predicted molar refractivity (Wildman–Crippen MR) is 62.8 cm³/mol. The largest absolute Gasteiger partial charge is 0.493 e. The fraction of sp³-hybridized carbons (Fsp3) is 0.417. The van der Waals surface area contributed by atoms with Gasteiger partial charge in [0.2, 0.25) is 0 Å². The second-order valence-corrected chi connectivity index (χ2v) is 3.36. The van der Waals surface area contributed by atoms with Crippen LogP contribution in [-0.4, -0.2) is 25.1 Å². The van der Waals surface area contributed by atoms with Gasteiger partial charge in [0, 0.05) is 5.56 Å². The van der Waals surface area contributed by atoms with Gasteiger partial charge in [-0.1, -0.05) is 18.5 Å². The molecule has 4 nitrogen and oxygen atoms in total. The number of ether oxygens (including phenoxy) is 2. The van der Waals surface area contributed by atoms with Crippen molar-refractivity contribution in [1.82, 2.24) is 0 Å². The summed E-state index contributed by atoms with van der Waals surface area (Å²) in [4.78, 5) is 0. The first-order chi connectivity index (χ1) is 7.81. The van der Waals surface area contributed by atoms with Crippen LogP contribution >= 0.6 is 0 Å². The number of methoxy groups -OCH3 is 1. The Hall–Kier alpha value is -1.71. The first-order valence-corrected chi connectivity index (χ1v) is 5.30. The molecule has 1 rings (SSSR count). The van der Waals surface area contributed by atoms with Crippen LogP contribution in [-0.2, 0) is 0 Å². The molecular formula is C12H17NO3. The van der Waals surface area contributed by atoms with Gasteiger partial charge >= 0.3 is 0 Å². The highest BCUT2D eigenvalue weighted by Gasteiger charge is 2.04. The first kappa shape index (κ1) is 12.4. The molecule has 0 fully saturated rings. The second kappa shape index (κ2) is 6.71. The van der Waals surface area contributed by atoms with Crippen LogP contribution in [0.4, 0.5) is 0 Å². The van der Waals surface area contributed by atoms with E-state index in [-0.39, 0.29) is 0 Å². The van der Waals surface area contributed by atoms with E-state index in [1.807, 2.05) is 0 Å². The Labute approximate surface area is 95.5 Å². The second-order valence-electron chi connectivity index (χ2n) is 3.36. The number of hydrogen-bond acceptors (Lipinski definition) is 4. The monoisotopic (exact) mass is 223 g/mol. The van der Waals surface area contributed by atoms with E-state index in [4.69, 9.17) is 14.7 Å². The fourth-order valence-corrected chi connectivity index (χ4v) is 1.28. The van der Waals surface area contributed by atoms with Crippen molar-refractivity contribution in [3.8, 4) is 11.5 Å². The highest BCUT2D eigenvalue weighted by molar-refractivity contribution is 5.80. The standard InChI is InChI=1S/C12H17NO3/c1-3-4-7-16-12-8-10(9-13-14)5-6-11(12)15-2/h5-6,8-9,14H,3-4,7H2,1-2H3/b13-9+. The Morgan fingerprint density at radius 2 is 2.19 bits per heavy atom. The van der Waals surface area contributed by atoms with Gasteiger partial charge in [0.1, 0.15) is 0 Å². The van der Waals surface area contributed by atoms with E-state index in [9.17, 15) is 0 Å². The van der Waals surface area contributed by atoms with Crippen LogP contribution in [0.25, 0.3) is 0 Å². The third-order valence-electron chi connectivity index (χ3n) is 2.15. The Balaban J connectivity index is 2.80. The summed E-state index contributed by atoms with van der Waals surface area (Å²) >= 11 is 0. The van der Waals surface area contributed by atoms with E-state index < -0.39 is 0 Å². The summed E-state index contributed by atoms with van der Waals surface area (Å²) < 4.78 is 10.8. The average molecular weight is 223 g/mol. The summed E-state index contributed by atoms with van der Waals surface area (Å²) in [5.41, 5.74) is 0.773. The number of oxime groups is 1. The van der Waals surface area contributed by atoms with Crippen molar-refractivity contribution in [2.24, 2.45) is 5.16 Å². The molecule has 0 aliphatic heterocycles. The molecule has 88 valence electrons. The van der Waals surface area contributed by atoms with E-state index >= 15 is 0 Å². The zero-order chi connectivity index (χ0) is 11.8. The normalized spacial score (nSPS) is 10.6. The number of benzene rings is 1. The molecule has 1 N–H and O–H groups in total. The molecule has 0 saturated heterocycles. The fourth-order valence-electron chi connectivity index (χ4n) is 1.28. The quantitative estimate of drug-likeness (QED) is 0.349. The van der Waals surface area contributed by atoms with Gasteiger partial charge in [0.05, 0.1) is 19.9 Å². The van der Waals surface area contributed by atoms with Crippen LogP contribution in [0.3, 0.4) is 0 Å². The maximum atomic E-state index is 8.45. The zero-order valence-electron chi connectivity index (χ0n) is 9.64. The molecule has 0 radical (unpaired) electrons. The lowest BCUT2D eigenvalue weighted by Crippen LogP contribution is -1.99. The highest BCUT2D eigenvalue weighted by Crippen LogP contribution is 2.27. The van der Waals surface area contributed by atoms with Crippen molar-refractivity contribution in [2.75, 3.05) is 13.7 Å². The number of hydrogen-bond donors (Lipinski definition) is 1. The average Bonchev–Trinajstić information content (AvgIpc) is 2.30. The van der Waals surface area contributed by atoms with Crippen molar-refractivity contribution in [1.29, 1.82) is 0 Å². The molecule has 0 aliphatic carbocycles. The summed E-state index contributed by atoms with van der Waals surface area (Å²) in [6, 6.07) is 5.37. The van der Waals surface area contributed by atoms with Gasteiger partial charge in [0.25, 0.3) is 0 Å². The third-order valence-corrected chi connectivity index (χ3v) is 2.15. The van der Waals surface area contributed by atoms with Crippen molar-refractivity contribution in [2.45, 2.75) is 19.8 Å². The van der Waals surface area contributed by atoms with Crippen LogP contribution in [0, 0.1) is 0 Å². The van der Waals surface area contributed by atoms with Gasteiger partial charge in [-0.15, -0.1) is 0 Å². The Morgan fingerprint density at radius 3 is 2.81 bits per heavy atom. The molecule has 0 amide bonds. The lowest BCUT2D eigenvalue weighted by atomic mass is 10.2. The van der Waals surface area contributed by atoms with E-state index in [1.54, 1.807) is 25.3 Å². The third kappa shape index (κ3) is 3.46. The molecule has 0 atom stereocenters. The molecule has 0 aliphatic rings. The van der Waals surface area contributed by atoms with Gasteiger partial charge in [-0.05, 0) is 24.6 Å². The summed E-state index contributed by atoms with van der Waals surface area (Å²) in [6.07, 6.45) is 3.44. The number of rotatable bonds is 6. The van der Waals surface area contributed by atoms with E-state index in [1.165, 1.54) is 6.21 Å². The molecule has 0 aromatic heterocycles. The van der Waals surface area contributed by atoms with Gasteiger partial charge in [-0.25, -0.2) is 0 Å². The molecule has 0 bridgehead atoms. The summed E-state index contributed by atoms with van der Waals surface area (Å²) in [6.45, 7) is 2.77. The lowest BCUT2D eigenvalue weighted by Gasteiger charge is -2.10. The van der Waals surface area contributed by atoms with Crippen LogP contribution in [0.5, 0.6) is 11.5 Å². The molecule has 16 heavy (non-hydrogen) atoms. The maximum Gasteiger partial charge on any atom is 0.161 e. The number of nitrogens with zero attached hydrogens (tertiary/aromatic N) is 1. The molecule has 0 heterocycles. The Morgan fingerprint density at radius 1 is 1.38 bits per heavy atom. The molecule has 1 aromatic rings. The van der Waals surface area contributed by atoms with Crippen molar-refractivity contribution >= 4 is 6.21 Å². The molecule has 0 unspecified atom stereocenters. The molecule has 4 heteroatoms. The van der Waals surface area contributed by atoms with E-state index in [2.05, 4.69) is 12.1 Å². The van der Waals surface area contributed by atoms with Gasteiger partial charge in [0.15, 0.2) is 11.5 Å². The first-order valence-electron chi connectivity index (χ1n) is 5.30. The highest BCUT2D eigenvalue weighted by atomic mass is 16.5. The van der Waals surface area contributed by atoms with Crippen LogP contribution in [0.2, 0.25) is 0 Å². The number of unbranched alkanes of at least 4 members (excludes halogenated alkanes) is 1. The summed E-state index contributed by atoms with van der Waals surface area (Å²) in [5, 5.41) is 11.4. The minimum Gasteiger partial charge on any atom is -0.493 e. The van der Waals surface area contributed by atoms with Crippen molar-refractivity contribution in [3.05, 3.63) is 23.8 Å². The van der Waals surface area contributed by atoms with E-state index in [0.29, 0.717) is 18.1 Å². The maximum absolute atomic E-state index is 8.45.